The molecule has 0 heterocycles. The molecular weight excluding hydrogens is 330 g/mol. The maximum absolute atomic E-state index is 12.6. The third-order valence-electron chi connectivity index (χ3n) is 3.74. The minimum atomic E-state index is -4.05. The normalized spacial score (nSPS) is 13.8. The maximum Gasteiger partial charge on any atom is 0.270 e. The molecule has 7 heteroatoms. The first-order valence-electron chi connectivity index (χ1n) is 7.15. The van der Waals surface area contributed by atoms with E-state index in [4.69, 9.17) is 9.47 Å². The summed E-state index contributed by atoms with van der Waals surface area (Å²) in [6.45, 7) is 1.51. The fourth-order valence-electron chi connectivity index (χ4n) is 2.14. The Morgan fingerprint density at radius 3 is 2.29 bits per heavy atom. The second-order valence-electron chi connectivity index (χ2n) is 5.22. The van der Waals surface area contributed by atoms with Crippen LogP contribution in [0.4, 0.5) is 0 Å². The van der Waals surface area contributed by atoms with Crippen LogP contribution in [-0.2, 0) is 25.2 Å². The number of benzene rings is 2. The van der Waals surface area contributed by atoms with Crippen molar-refractivity contribution in [2.24, 2.45) is 0 Å². The quantitative estimate of drug-likeness (QED) is 0.863. The molecule has 0 unspecified atom stereocenters. The number of amides is 1. The molecule has 0 saturated carbocycles. The van der Waals surface area contributed by atoms with Crippen LogP contribution in [0.1, 0.15) is 12.5 Å². The Bertz CT molecular complexity index is 820. The zero-order valence-electron chi connectivity index (χ0n) is 13.6. The van der Waals surface area contributed by atoms with E-state index in [1.54, 1.807) is 36.4 Å². The van der Waals surface area contributed by atoms with E-state index in [0.29, 0.717) is 11.3 Å². The van der Waals surface area contributed by atoms with Crippen LogP contribution in [0.2, 0.25) is 0 Å². The molecule has 2 aromatic carbocycles. The highest BCUT2D eigenvalue weighted by atomic mass is 32.2. The van der Waals surface area contributed by atoms with Gasteiger partial charge < -0.3 is 9.47 Å². The molecule has 24 heavy (non-hydrogen) atoms. The minimum absolute atomic E-state index is 0.0679. The van der Waals surface area contributed by atoms with E-state index in [1.165, 1.54) is 39.3 Å². The Kier molecular flexibility index (Phi) is 5.26. The predicted molar refractivity (Wildman–Crippen MR) is 89.1 cm³/mol. The van der Waals surface area contributed by atoms with Crippen LogP contribution in [0.5, 0.6) is 5.75 Å². The van der Waals surface area contributed by atoms with Gasteiger partial charge in [-0.05, 0) is 24.6 Å². The van der Waals surface area contributed by atoms with Crippen LogP contribution in [0, 0.1) is 0 Å². The molecule has 0 fully saturated rings. The first kappa shape index (κ1) is 18.0. The van der Waals surface area contributed by atoms with Gasteiger partial charge in [0.2, 0.25) is 0 Å². The van der Waals surface area contributed by atoms with Crippen molar-refractivity contribution in [3.8, 4) is 5.75 Å². The van der Waals surface area contributed by atoms with Crippen molar-refractivity contribution in [1.29, 1.82) is 0 Å². The smallest absolute Gasteiger partial charge is 0.270 e. The molecule has 0 aliphatic rings. The lowest BCUT2D eigenvalue weighted by atomic mass is 9.95. The zero-order valence-corrected chi connectivity index (χ0v) is 14.5. The van der Waals surface area contributed by atoms with Crippen LogP contribution >= 0.6 is 0 Å². The number of carbonyl (C=O) groups excluding carboxylic acids is 1. The van der Waals surface area contributed by atoms with Gasteiger partial charge in [-0.3, -0.25) is 4.79 Å². The van der Waals surface area contributed by atoms with E-state index in [0.717, 1.165) is 0 Å². The van der Waals surface area contributed by atoms with E-state index in [1.807, 2.05) is 0 Å². The number of hydrogen-bond acceptors (Lipinski definition) is 5. The van der Waals surface area contributed by atoms with E-state index in [-0.39, 0.29) is 4.90 Å². The molecule has 1 amide bonds. The lowest BCUT2D eigenvalue weighted by Crippen LogP contribution is -2.46. The average Bonchev–Trinajstić information content (AvgIpc) is 2.61. The second-order valence-corrected chi connectivity index (χ2v) is 6.90. The number of rotatable bonds is 6. The van der Waals surface area contributed by atoms with Crippen molar-refractivity contribution in [1.82, 2.24) is 4.72 Å². The van der Waals surface area contributed by atoms with Gasteiger partial charge in [0, 0.05) is 13.2 Å². The van der Waals surface area contributed by atoms with Crippen LogP contribution in [-0.4, -0.2) is 28.5 Å². The maximum atomic E-state index is 12.6. The largest absolute Gasteiger partial charge is 0.497 e. The first-order valence-corrected chi connectivity index (χ1v) is 8.64. The van der Waals surface area contributed by atoms with Gasteiger partial charge in [-0.1, -0.05) is 36.4 Å². The van der Waals surface area contributed by atoms with Gasteiger partial charge in [-0.2, -0.15) is 0 Å². The van der Waals surface area contributed by atoms with Crippen molar-refractivity contribution in [3.63, 3.8) is 0 Å². The summed E-state index contributed by atoms with van der Waals surface area (Å²) in [6, 6.07) is 14.5. The van der Waals surface area contributed by atoms with Gasteiger partial charge in [0.05, 0.1) is 12.0 Å². The molecule has 0 aliphatic carbocycles. The molecule has 6 nitrogen and oxygen atoms in total. The Hall–Kier alpha value is -2.38. The number of nitrogens with one attached hydrogen (secondary N) is 1. The number of hydrogen-bond donors (Lipinski definition) is 1. The van der Waals surface area contributed by atoms with Gasteiger partial charge in [-0.15, -0.1) is 0 Å². The second kappa shape index (κ2) is 7.02. The van der Waals surface area contributed by atoms with Gasteiger partial charge in [0.25, 0.3) is 15.9 Å². The number of sulfonamides is 1. The molecule has 0 aliphatic heterocycles. The molecule has 2 rings (SSSR count). The Labute approximate surface area is 141 Å². The summed E-state index contributed by atoms with van der Waals surface area (Å²) in [5.74, 6) is -0.401. The lowest BCUT2D eigenvalue weighted by molar-refractivity contribution is -0.140. The molecule has 0 bridgehead atoms. The van der Waals surface area contributed by atoms with E-state index < -0.39 is 21.5 Å². The van der Waals surface area contributed by atoms with E-state index in [9.17, 15) is 13.2 Å². The molecule has 0 saturated heterocycles. The molecular formula is C17H19NO5S. The average molecular weight is 349 g/mol. The SMILES string of the molecule is COc1cccc(S(=O)(=O)NC(=O)[C@@](C)(OC)c2ccccc2)c1. The van der Waals surface area contributed by atoms with Crippen molar-refractivity contribution in [3.05, 3.63) is 60.2 Å². The molecule has 1 atom stereocenters. The Morgan fingerprint density at radius 1 is 1.04 bits per heavy atom. The van der Waals surface area contributed by atoms with E-state index >= 15 is 0 Å². The molecule has 128 valence electrons. The van der Waals surface area contributed by atoms with Crippen molar-refractivity contribution in [2.75, 3.05) is 14.2 Å². The van der Waals surface area contributed by atoms with Gasteiger partial charge in [-0.25, -0.2) is 13.1 Å². The summed E-state index contributed by atoms with van der Waals surface area (Å²) in [5.41, 5.74) is -0.890. The number of methoxy groups -OCH3 is 2. The van der Waals surface area contributed by atoms with Crippen molar-refractivity contribution >= 4 is 15.9 Å². The minimum Gasteiger partial charge on any atom is -0.497 e. The number of ether oxygens (including phenoxy) is 2. The van der Waals surface area contributed by atoms with E-state index in [2.05, 4.69) is 4.72 Å². The first-order chi connectivity index (χ1) is 11.3. The van der Waals surface area contributed by atoms with Crippen LogP contribution < -0.4 is 9.46 Å². The topological polar surface area (TPSA) is 81.7 Å². The summed E-state index contributed by atoms with van der Waals surface area (Å²) >= 11 is 0. The fourth-order valence-corrected chi connectivity index (χ4v) is 3.23. The lowest BCUT2D eigenvalue weighted by Gasteiger charge is -2.27. The van der Waals surface area contributed by atoms with Crippen LogP contribution in [0.25, 0.3) is 0 Å². The standard InChI is InChI=1S/C17H19NO5S/c1-17(23-3,13-8-5-4-6-9-13)16(19)18-24(20,21)15-11-7-10-14(12-15)22-2/h4-12H,1-3H3,(H,18,19)/t17-/m0/s1. The summed E-state index contributed by atoms with van der Waals surface area (Å²) in [4.78, 5) is 12.5. The van der Waals surface area contributed by atoms with Gasteiger partial charge in [0.1, 0.15) is 5.75 Å². The van der Waals surface area contributed by atoms with Gasteiger partial charge in [0.15, 0.2) is 5.60 Å². The molecule has 0 aromatic heterocycles. The number of carbonyl (C=O) groups is 1. The molecule has 1 N–H and O–H groups in total. The van der Waals surface area contributed by atoms with Crippen LogP contribution in [0.3, 0.4) is 0 Å². The molecule has 0 spiro atoms. The highest BCUT2D eigenvalue weighted by molar-refractivity contribution is 7.90. The Morgan fingerprint density at radius 2 is 1.71 bits per heavy atom. The zero-order chi connectivity index (χ0) is 17.8. The Balaban J connectivity index is 2.32. The summed E-state index contributed by atoms with van der Waals surface area (Å²) in [7, 11) is -1.27. The summed E-state index contributed by atoms with van der Waals surface area (Å²) in [5, 5.41) is 0. The molecule has 0 radical (unpaired) electrons. The highest BCUT2D eigenvalue weighted by Gasteiger charge is 2.37. The van der Waals surface area contributed by atoms with Crippen molar-refractivity contribution < 1.29 is 22.7 Å². The summed E-state index contributed by atoms with van der Waals surface area (Å²) < 4.78 is 37.3. The highest BCUT2D eigenvalue weighted by Crippen LogP contribution is 2.26. The fraction of sp³-hybridized carbons (Fsp3) is 0.235. The van der Waals surface area contributed by atoms with Crippen LogP contribution in [0.15, 0.2) is 59.5 Å². The predicted octanol–water partition coefficient (Wildman–Crippen LogP) is 2.06. The van der Waals surface area contributed by atoms with Gasteiger partial charge >= 0.3 is 0 Å². The third-order valence-corrected chi connectivity index (χ3v) is 5.07. The molecule has 2 aromatic rings. The summed E-state index contributed by atoms with van der Waals surface area (Å²) in [6.07, 6.45) is 0. The van der Waals surface area contributed by atoms with Crippen molar-refractivity contribution in [2.45, 2.75) is 17.4 Å². The monoisotopic (exact) mass is 349 g/mol. The third kappa shape index (κ3) is 3.58.